The van der Waals surface area contributed by atoms with Gasteiger partial charge in [-0.1, -0.05) is 30.3 Å². The number of carbonyl (C=O) groups excluding carboxylic acids is 2. The smallest absolute Gasteiger partial charge is 0.276 e. The first-order valence-electron chi connectivity index (χ1n) is 9.75. The number of amides is 2. The molecule has 30 heavy (non-hydrogen) atoms. The second-order valence-electron chi connectivity index (χ2n) is 7.14. The topological polar surface area (TPSA) is 84.3 Å². The first-order valence-corrected chi connectivity index (χ1v) is 10.9. The summed E-state index contributed by atoms with van der Waals surface area (Å²) >= 11 is 1.87. The van der Waals surface area contributed by atoms with Gasteiger partial charge in [0, 0.05) is 42.7 Å². The van der Waals surface area contributed by atoms with Crippen LogP contribution in [0.5, 0.6) is 0 Å². The third-order valence-electron chi connectivity index (χ3n) is 5.10. The van der Waals surface area contributed by atoms with E-state index in [1.807, 2.05) is 28.8 Å². The van der Waals surface area contributed by atoms with Gasteiger partial charge in [0.1, 0.15) is 0 Å². The summed E-state index contributed by atoms with van der Waals surface area (Å²) in [5.74, 6) is 1.72. The normalized spacial score (nSPS) is 14.0. The molecule has 0 atom stereocenters. The number of nitrogens with one attached hydrogen (secondary N) is 1. The van der Waals surface area contributed by atoms with Gasteiger partial charge in [0.15, 0.2) is 5.69 Å². The molecule has 0 radical (unpaired) electrons. The summed E-state index contributed by atoms with van der Waals surface area (Å²) in [5.41, 5.74) is 1.45. The Balaban J connectivity index is 1.48. The standard InChI is InChI=1S/C22H22N4O3S/c1-25-22(29)18-5-3-2-4-17(18)20(24-25)21(28)23-16-8-6-15(7-9-16)14-19(27)26-10-12-30-13-11-26/h2-9H,10-14H2,1H3,(H,23,28). The van der Waals surface area contributed by atoms with Crippen molar-refractivity contribution in [2.45, 2.75) is 6.42 Å². The molecular formula is C22H22N4O3S. The van der Waals surface area contributed by atoms with Gasteiger partial charge in [0.05, 0.1) is 11.8 Å². The minimum absolute atomic E-state index is 0.132. The van der Waals surface area contributed by atoms with Crippen molar-refractivity contribution in [2.75, 3.05) is 29.9 Å². The zero-order chi connectivity index (χ0) is 21.1. The molecule has 154 valence electrons. The Bertz CT molecular complexity index is 1150. The molecule has 0 aliphatic carbocycles. The summed E-state index contributed by atoms with van der Waals surface area (Å²) in [4.78, 5) is 39.4. The molecule has 0 unspecified atom stereocenters. The number of fused-ring (bicyclic) bond motifs is 1. The van der Waals surface area contributed by atoms with Gasteiger partial charge in [-0.05, 0) is 23.8 Å². The number of aromatic nitrogens is 2. The number of benzene rings is 2. The fourth-order valence-electron chi connectivity index (χ4n) is 3.46. The van der Waals surface area contributed by atoms with Crippen molar-refractivity contribution in [1.82, 2.24) is 14.7 Å². The van der Waals surface area contributed by atoms with Crippen LogP contribution in [0.4, 0.5) is 5.69 Å². The van der Waals surface area contributed by atoms with Crippen LogP contribution in [-0.2, 0) is 18.3 Å². The molecule has 1 aromatic heterocycles. The molecule has 0 saturated carbocycles. The molecule has 0 bridgehead atoms. The Hall–Kier alpha value is -3.13. The average Bonchev–Trinajstić information content (AvgIpc) is 2.78. The van der Waals surface area contributed by atoms with Gasteiger partial charge in [-0.15, -0.1) is 0 Å². The molecule has 1 fully saturated rings. The molecule has 7 nitrogen and oxygen atoms in total. The highest BCUT2D eigenvalue weighted by Crippen LogP contribution is 2.17. The van der Waals surface area contributed by atoms with Crippen LogP contribution in [0.3, 0.4) is 0 Å². The predicted octanol–water partition coefficient (Wildman–Crippen LogP) is 2.30. The summed E-state index contributed by atoms with van der Waals surface area (Å²) < 4.78 is 1.17. The summed E-state index contributed by atoms with van der Waals surface area (Å²) in [6, 6.07) is 14.2. The van der Waals surface area contributed by atoms with Crippen LogP contribution in [-0.4, -0.2) is 51.1 Å². The van der Waals surface area contributed by atoms with E-state index in [0.29, 0.717) is 22.9 Å². The van der Waals surface area contributed by atoms with Crippen molar-refractivity contribution < 1.29 is 9.59 Å². The van der Waals surface area contributed by atoms with Crippen molar-refractivity contribution in [3.05, 3.63) is 70.1 Å². The minimum Gasteiger partial charge on any atom is -0.341 e. The highest BCUT2D eigenvalue weighted by Gasteiger charge is 2.18. The van der Waals surface area contributed by atoms with E-state index >= 15 is 0 Å². The average molecular weight is 423 g/mol. The van der Waals surface area contributed by atoms with Crippen LogP contribution < -0.4 is 10.9 Å². The molecule has 2 heterocycles. The highest BCUT2D eigenvalue weighted by molar-refractivity contribution is 7.99. The van der Waals surface area contributed by atoms with Gasteiger partial charge in [-0.25, -0.2) is 4.68 Å². The second-order valence-corrected chi connectivity index (χ2v) is 8.37. The third kappa shape index (κ3) is 4.23. The number of hydrogen-bond acceptors (Lipinski definition) is 5. The van der Waals surface area contributed by atoms with E-state index in [9.17, 15) is 14.4 Å². The van der Waals surface area contributed by atoms with Crippen LogP contribution in [0.15, 0.2) is 53.3 Å². The van der Waals surface area contributed by atoms with Gasteiger partial charge in [-0.3, -0.25) is 14.4 Å². The predicted molar refractivity (Wildman–Crippen MR) is 119 cm³/mol. The van der Waals surface area contributed by atoms with Crippen LogP contribution in [0.2, 0.25) is 0 Å². The van der Waals surface area contributed by atoms with Gasteiger partial charge in [0.25, 0.3) is 11.5 Å². The van der Waals surface area contributed by atoms with E-state index in [2.05, 4.69) is 10.4 Å². The highest BCUT2D eigenvalue weighted by atomic mass is 32.2. The largest absolute Gasteiger partial charge is 0.341 e. The van der Waals surface area contributed by atoms with E-state index in [1.54, 1.807) is 36.4 Å². The Morgan fingerprint density at radius 2 is 1.70 bits per heavy atom. The maximum atomic E-state index is 12.8. The second kappa shape index (κ2) is 8.71. The number of aryl methyl sites for hydroxylation is 1. The summed E-state index contributed by atoms with van der Waals surface area (Å²) in [7, 11) is 1.53. The fraction of sp³-hybridized carbons (Fsp3) is 0.273. The third-order valence-corrected chi connectivity index (χ3v) is 6.05. The molecule has 1 aliphatic rings. The molecule has 4 rings (SSSR count). The van der Waals surface area contributed by atoms with Crippen molar-refractivity contribution in [2.24, 2.45) is 7.05 Å². The number of hydrogen-bond donors (Lipinski definition) is 1. The molecule has 1 aliphatic heterocycles. The van der Waals surface area contributed by atoms with E-state index < -0.39 is 5.91 Å². The zero-order valence-electron chi connectivity index (χ0n) is 16.6. The summed E-state index contributed by atoms with van der Waals surface area (Å²) in [6.07, 6.45) is 0.353. The number of thioether (sulfide) groups is 1. The molecule has 0 spiro atoms. The quantitative estimate of drug-likeness (QED) is 0.698. The molecule has 2 amide bonds. The van der Waals surface area contributed by atoms with Crippen LogP contribution in [0.1, 0.15) is 16.1 Å². The lowest BCUT2D eigenvalue weighted by Gasteiger charge is -2.26. The SMILES string of the molecule is Cn1nc(C(=O)Nc2ccc(CC(=O)N3CCSCC3)cc2)c2ccccc2c1=O. The maximum absolute atomic E-state index is 12.8. The Morgan fingerprint density at radius 3 is 2.40 bits per heavy atom. The van der Waals surface area contributed by atoms with Gasteiger partial charge < -0.3 is 10.2 Å². The van der Waals surface area contributed by atoms with Crippen molar-refractivity contribution in [3.63, 3.8) is 0 Å². The lowest BCUT2D eigenvalue weighted by atomic mass is 10.1. The molecule has 3 aromatic rings. The number of anilines is 1. The van der Waals surface area contributed by atoms with E-state index in [-0.39, 0.29) is 17.2 Å². The molecule has 1 N–H and O–H groups in total. The van der Waals surface area contributed by atoms with Crippen molar-refractivity contribution >= 4 is 40.0 Å². The van der Waals surface area contributed by atoms with Crippen molar-refractivity contribution in [1.29, 1.82) is 0 Å². The first-order chi connectivity index (χ1) is 14.5. The fourth-order valence-corrected chi connectivity index (χ4v) is 4.37. The minimum atomic E-state index is -0.392. The lowest BCUT2D eigenvalue weighted by Crippen LogP contribution is -2.38. The van der Waals surface area contributed by atoms with Crippen LogP contribution >= 0.6 is 11.8 Å². The molecular weight excluding hydrogens is 400 g/mol. The number of nitrogens with zero attached hydrogens (tertiary/aromatic N) is 3. The summed E-state index contributed by atoms with van der Waals surface area (Å²) in [6.45, 7) is 1.61. The van der Waals surface area contributed by atoms with Gasteiger partial charge >= 0.3 is 0 Å². The zero-order valence-corrected chi connectivity index (χ0v) is 17.4. The first kappa shape index (κ1) is 20.2. The van der Waals surface area contributed by atoms with Gasteiger partial charge in [0.2, 0.25) is 5.91 Å². The van der Waals surface area contributed by atoms with E-state index in [1.165, 1.54) is 11.7 Å². The lowest BCUT2D eigenvalue weighted by molar-refractivity contribution is -0.130. The Kier molecular flexibility index (Phi) is 5.85. The maximum Gasteiger partial charge on any atom is 0.276 e. The van der Waals surface area contributed by atoms with Gasteiger partial charge in [-0.2, -0.15) is 16.9 Å². The Morgan fingerprint density at radius 1 is 1.03 bits per heavy atom. The van der Waals surface area contributed by atoms with Crippen LogP contribution in [0.25, 0.3) is 10.8 Å². The molecule has 8 heteroatoms. The molecule has 2 aromatic carbocycles. The monoisotopic (exact) mass is 422 g/mol. The van der Waals surface area contributed by atoms with Crippen LogP contribution in [0, 0.1) is 0 Å². The van der Waals surface area contributed by atoms with Crippen molar-refractivity contribution in [3.8, 4) is 0 Å². The summed E-state index contributed by atoms with van der Waals surface area (Å²) in [5, 5.41) is 7.94. The number of carbonyl (C=O) groups is 2. The number of rotatable bonds is 4. The van der Waals surface area contributed by atoms with E-state index in [4.69, 9.17) is 0 Å². The molecule has 1 saturated heterocycles. The Labute approximate surface area is 178 Å². The van der Waals surface area contributed by atoms with E-state index in [0.717, 1.165) is 30.2 Å².